The van der Waals surface area contributed by atoms with Crippen molar-refractivity contribution in [1.82, 2.24) is 10.6 Å². The number of hydrogen-bond donors (Lipinski definition) is 2. The molecule has 3 fully saturated rings. The first-order chi connectivity index (χ1) is 8.83. The predicted octanol–water partition coefficient (Wildman–Crippen LogP) is 2.93. The Hall–Kier alpha value is -0.0800. The van der Waals surface area contributed by atoms with Crippen LogP contribution in [0.15, 0.2) is 0 Å². The summed E-state index contributed by atoms with van der Waals surface area (Å²) in [6.07, 6.45) is 11.6. The van der Waals surface area contributed by atoms with E-state index in [4.69, 9.17) is 0 Å². The molecule has 1 aliphatic heterocycles. The van der Waals surface area contributed by atoms with Gasteiger partial charge in [0, 0.05) is 12.1 Å². The molecule has 0 amide bonds. The van der Waals surface area contributed by atoms with E-state index in [2.05, 4.69) is 17.6 Å². The number of hydrogen-bond acceptors (Lipinski definition) is 2. The van der Waals surface area contributed by atoms with E-state index in [0.717, 1.165) is 23.8 Å². The molecular formula is C16H30N2. The fourth-order valence-corrected chi connectivity index (χ4v) is 3.74. The Kier molecular flexibility index (Phi) is 4.25. The Labute approximate surface area is 112 Å². The van der Waals surface area contributed by atoms with E-state index < -0.39 is 0 Å². The Bertz CT molecular complexity index is 240. The van der Waals surface area contributed by atoms with Crippen LogP contribution in [0.1, 0.15) is 58.3 Å². The highest BCUT2D eigenvalue weighted by molar-refractivity contribution is 4.93. The maximum Gasteiger partial charge on any atom is 0.00817 e. The lowest BCUT2D eigenvalue weighted by Gasteiger charge is -2.27. The summed E-state index contributed by atoms with van der Waals surface area (Å²) >= 11 is 0. The third-order valence-electron chi connectivity index (χ3n) is 5.21. The van der Waals surface area contributed by atoms with E-state index in [9.17, 15) is 0 Å². The Morgan fingerprint density at radius 3 is 2.33 bits per heavy atom. The first kappa shape index (κ1) is 12.9. The highest BCUT2D eigenvalue weighted by atomic mass is 15.0. The van der Waals surface area contributed by atoms with Gasteiger partial charge in [-0.15, -0.1) is 0 Å². The van der Waals surface area contributed by atoms with Crippen molar-refractivity contribution < 1.29 is 0 Å². The molecule has 2 nitrogen and oxygen atoms in total. The molecule has 3 rings (SSSR count). The number of nitrogens with one attached hydrogen (secondary N) is 2. The molecule has 0 radical (unpaired) electrons. The molecule has 0 spiro atoms. The van der Waals surface area contributed by atoms with Gasteiger partial charge in [0.05, 0.1) is 0 Å². The van der Waals surface area contributed by atoms with Crippen LogP contribution in [-0.2, 0) is 0 Å². The van der Waals surface area contributed by atoms with Gasteiger partial charge < -0.3 is 10.6 Å². The van der Waals surface area contributed by atoms with Crippen LogP contribution in [0.2, 0.25) is 0 Å². The zero-order valence-corrected chi connectivity index (χ0v) is 12.0. The van der Waals surface area contributed by atoms with E-state index in [0.29, 0.717) is 6.04 Å². The van der Waals surface area contributed by atoms with Crippen molar-refractivity contribution in [3.63, 3.8) is 0 Å². The SMILES string of the molecule is CC(CC1CCCCN1)NCC(C1CC1)C1CC1. The van der Waals surface area contributed by atoms with E-state index in [1.807, 2.05) is 0 Å². The van der Waals surface area contributed by atoms with E-state index in [-0.39, 0.29) is 0 Å². The lowest BCUT2D eigenvalue weighted by Crippen LogP contribution is -2.41. The molecule has 0 aromatic heterocycles. The second-order valence-electron chi connectivity index (χ2n) is 7.03. The van der Waals surface area contributed by atoms with Crippen molar-refractivity contribution in [3.8, 4) is 0 Å². The van der Waals surface area contributed by atoms with Crippen LogP contribution < -0.4 is 10.6 Å². The molecular weight excluding hydrogens is 220 g/mol. The molecule has 104 valence electrons. The van der Waals surface area contributed by atoms with Crippen LogP contribution in [0.5, 0.6) is 0 Å². The van der Waals surface area contributed by atoms with E-state index >= 15 is 0 Å². The molecule has 2 atom stereocenters. The smallest absolute Gasteiger partial charge is 0.00817 e. The predicted molar refractivity (Wildman–Crippen MR) is 76.7 cm³/mol. The van der Waals surface area contributed by atoms with Gasteiger partial charge in [-0.05, 0) is 82.7 Å². The fourth-order valence-electron chi connectivity index (χ4n) is 3.74. The molecule has 3 aliphatic rings. The molecule has 2 aliphatic carbocycles. The molecule has 1 saturated heterocycles. The Morgan fingerprint density at radius 2 is 1.78 bits per heavy atom. The zero-order valence-electron chi connectivity index (χ0n) is 12.0. The van der Waals surface area contributed by atoms with Gasteiger partial charge in [-0.2, -0.15) is 0 Å². The normalized spacial score (nSPS) is 30.7. The summed E-state index contributed by atoms with van der Waals surface area (Å²) in [5.41, 5.74) is 0. The molecule has 0 aromatic rings. The average molecular weight is 250 g/mol. The van der Waals surface area contributed by atoms with Gasteiger partial charge in [0.1, 0.15) is 0 Å². The van der Waals surface area contributed by atoms with Crippen molar-refractivity contribution in [2.75, 3.05) is 13.1 Å². The van der Waals surface area contributed by atoms with Crippen molar-refractivity contribution in [3.05, 3.63) is 0 Å². The van der Waals surface area contributed by atoms with Crippen LogP contribution in [0.25, 0.3) is 0 Å². The van der Waals surface area contributed by atoms with Crippen molar-refractivity contribution in [2.24, 2.45) is 17.8 Å². The van der Waals surface area contributed by atoms with Crippen molar-refractivity contribution in [2.45, 2.75) is 70.4 Å². The van der Waals surface area contributed by atoms with Crippen LogP contribution in [0.3, 0.4) is 0 Å². The van der Waals surface area contributed by atoms with Crippen LogP contribution >= 0.6 is 0 Å². The molecule has 18 heavy (non-hydrogen) atoms. The molecule has 2 unspecified atom stereocenters. The molecule has 0 aromatic carbocycles. The maximum absolute atomic E-state index is 3.83. The summed E-state index contributed by atoms with van der Waals surface area (Å²) in [6.45, 7) is 4.92. The Morgan fingerprint density at radius 1 is 1.06 bits per heavy atom. The summed E-state index contributed by atoms with van der Waals surface area (Å²) in [6, 6.07) is 1.47. The van der Waals surface area contributed by atoms with Crippen LogP contribution in [0.4, 0.5) is 0 Å². The van der Waals surface area contributed by atoms with Crippen LogP contribution in [-0.4, -0.2) is 25.2 Å². The lowest BCUT2D eigenvalue weighted by molar-refractivity contribution is 0.315. The second kappa shape index (κ2) is 5.92. The standard InChI is InChI=1S/C16H30N2/c1-12(10-15-4-2-3-9-17-15)18-11-16(13-5-6-13)14-7-8-14/h12-18H,2-11H2,1H3. The van der Waals surface area contributed by atoms with Gasteiger partial charge in [0.2, 0.25) is 0 Å². The van der Waals surface area contributed by atoms with Gasteiger partial charge in [-0.25, -0.2) is 0 Å². The van der Waals surface area contributed by atoms with Gasteiger partial charge in [0.15, 0.2) is 0 Å². The van der Waals surface area contributed by atoms with Crippen molar-refractivity contribution >= 4 is 0 Å². The largest absolute Gasteiger partial charge is 0.314 e. The van der Waals surface area contributed by atoms with E-state index in [1.54, 1.807) is 0 Å². The molecule has 2 heteroatoms. The number of rotatable bonds is 7. The van der Waals surface area contributed by atoms with Gasteiger partial charge in [0.25, 0.3) is 0 Å². The minimum atomic E-state index is 0.695. The third-order valence-corrected chi connectivity index (χ3v) is 5.21. The quantitative estimate of drug-likeness (QED) is 0.726. The second-order valence-corrected chi connectivity index (χ2v) is 7.03. The summed E-state index contributed by atoms with van der Waals surface area (Å²) < 4.78 is 0. The van der Waals surface area contributed by atoms with Gasteiger partial charge >= 0.3 is 0 Å². The van der Waals surface area contributed by atoms with Crippen LogP contribution in [0, 0.1) is 17.8 Å². The highest BCUT2D eigenvalue weighted by Crippen LogP contribution is 2.48. The summed E-state index contributed by atoms with van der Waals surface area (Å²) in [5.74, 6) is 3.20. The minimum absolute atomic E-state index is 0.695. The van der Waals surface area contributed by atoms with E-state index in [1.165, 1.54) is 64.5 Å². The first-order valence-corrected chi connectivity index (χ1v) is 8.29. The highest BCUT2D eigenvalue weighted by Gasteiger charge is 2.41. The molecule has 1 heterocycles. The van der Waals surface area contributed by atoms with Gasteiger partial charge in [-0.3, -0.25) is 0 Å². The maximum atomic E-state index is 3.83. The molecule has 0 bridgehead atoms. The fraction of sp³-hybridized carbons (Fsp3) is 1.00. The van der Waals surface area contributed by atoms with Crippen molar-refractivity contribution in [1.29, 1.82) is 0 Å². The minimum Gasteiger partial charge on any atom is -0.314 e. The Balaban J connectivity index is 1.36. The lowest BCUT2D eigenvalue weighted by atomic mass is 9.96. The summed E-state index contributed by atoms with van der Waals surface area (Å²) in [5, 5.41) is 7.50. The van der Waals surface area contributed by atoms with Gasteiger partial charge in [-0.1, -0.05) is 6.42 Å². The zero-order chi connectivity index (χ0) is 12.4. The topological polar surface area (TPSA) is 24.1 Å². The number of piperidine rings is 1. The monoisotopic (exact) mass is 250 g/mol. The first-order valence-electron chi connectivity index (χ1n) is 8.29. The third kappa shape index (κ3) is 3.71. The summed E-state index contributed by atoms with van der Waals surface area (Å²) in [7, 11) is 0. The molecule has 2 N–H and O–H groups in total. The summed E-state index contributed by atoms with van der Waals surface area (Å²) in [4.78, 5) is 0. The average Bonchev–Trinajstić information content (AvgIpc) is 3.25. The molecule has 2 saturated carbocycles.